The number of aliphatic hydroxyl groups is 1. The molecular formula is C14H22N2O2. The second-order valence-electron chi connectivity index (χ2n) is 5.20. The van der Waals surface area contributed by atoms with Crippen molar-refractivity contribution in [2.75, 3.05) is 21.2 Å². The van der Waals surface area contributed by atoms with Gasteiger partial charge in [-0.05, 0) is 39.1 Å². The third-order valence-electron chi connectivity index (χ3n) is 4.15. The summed E-state index contributed by atoms with van der Waals surface area (Å²) >= 11 is 0. The van der Waals surface area contributed by atoms with Gasteiger partial charge in [0.05, 0.1) is 12.6 Å². The van der Waals surface area contributed by atoms with Gasteiger partial charge in [0, 0.05) is 6.20 Å². The number of aromatic nitrogens is 1. The number of hydrogen-bond donors (Lipinski definition) is 1. The van der Waals surface area contributed by atoms with Gasteiger partial charge < -0.3 is 14.7 Å². The maximum absolute atomic E-state index is 10.8. The molecule has 0 amide bonds. The molecule has 0 aliphatic heterocycles. The van der Waals surface area contributed by atoms with Gasteiger partial charge in [-0.1, -0.05) is 12.8 Å². The van der Waals surface area contributed by atoms with E-state index in [0.29, 0.717) is 11.4 Å². The largest absolute Gasteiger partial charge is 0.495 e. The van der Waals surface area contributed by atoms with Crippen LogP contribution < -0.4 is 4.74 Å². The smallest absolute Gasteiger partial charge is 0.143 e. The van der Waals surface area contributed by atoms with Crippen LogP contribution in [-0.4, -0.2) is 41.7 Å². The number of hydrogen-bond acceptors (Lipinski definition) is 4. The number of aliphatic hydroxyl groups excluding tert-OH is 1. The number of likely N-dealkylation sites (N-methyl/N-ethyl adjacent to an activating group) is 1. The number of methoxy groups -OCH3 is 1. The summed E-state index contributed by atoms with van der Waals surface area (Å²) in [5.74, 6) is 0.665. The summed E-state index contributed by atoms with van der Waals surface area (Å²) in [6.07, 6.45) is 5.42. The van der Waals surface area contributed by atoms with E-state index in [1.807, 2.05) is 26.2 Å². The van der Waals surface area contributed by atoms with Crippen molar-refractivity contribution in [2.24, 2.45) is 0 Å². The topological polar surface area (TPSA) is 45.6 Å². The quantitative estimate of drug-likeness (QED) is 0.887. The van der Waals surface area contributed by atoms with Gasteiger partial charge in [0.1, 0.15) is 17.5 Å². The van der Waals surface area contributed by atoms with Crippen molar-refractivity contribution >= 4 is 0 Å². The van der Waals surface area contributed by atoms with E-state index >= 15 is 0 Å². The molecule has 0 radical (unpaired) electrons. The first-order valence-electron chi connectivity index (χ1n) is 6.46. The van der Waals surface area contributed by atoms with E-state index in [1.54, 1.807) is 13.3 Å². The Morgan fingerprint density at radius 1 is 1.39 bits per heavy atom. The van der Waals surface area contributed by atoms with Crippen LogP contribution in [-0.2, 0) is 0 Å². The lowest BCUT2D eigenvalue weighted by Crippen LogP contribution is -2.47. The van der Waals surface area contributed by atoms with Crippen LogP contribution in [0.1, 0.15) is 37.5 Å². The standard InChI is InChI=1S/C14H22N2O2/c1-16(2)14(8-4-5-9-14)13(17)12-11(18-3)7-6-10-15-12/h6-7,10,13,17H,4-5,8-9H2,1-3H3. The average molecular weight is 250 g/mol. The second kappa shape index (κ2) is 5.24. The second-order valence-corrected chi connectivity index (χ2v) is 5.20. The molecule has 1 aliphatic carbocycles. The fourth-order valence-electron chi connectivity index (χ4n) is 2.99. The Bertz CT molecular complexity index is 401. The monoisotopic (exact) mass is 250 g/mol. The number of ether oxygens (including phenoxy) is 1. The highest BCUT2D eigenvalue weighted by Crippen LogP contribution is 2.44. The summed E-state index contributed by atoms with van der Waals surface area (Å²) in [5, 5.41) is 10.8. The molecule has 1 aliphatic rings. The Labute approximate surface area is 109 Å². The van der Waals surface area contributed by atoms with Crippen molar-refractivity contribution in [3.05, 3.63) is 24.0 Å². The van der Waals surface area contributed by atoms with Crippen LogP contribution in [0, 0.1) is 0 Å². The third kappa shape index (κ3) is 2.10. The zero-order valence-electron chi connectivity index (χ0n) is 11.4. The zero-order valence-corrected chi connectivity index (χ0v) is 11.4. The zero-order chi connectivity index (χ0) is 13.2. The molecule has 1 unspecified atom stereocenters. The first-order valence-corrected chi connectivity index (χ1v) is 6.46. The van der Waals surface area contributed by atoms with Crippen LogP contribution in [0.15, 0.2) is 18.3 Å². The SMILES string of the molecule is COc1cccnc1C(O)C1(N(C)C)CCCC1. The van der Waals surface area contributed by atoms with Gasteiger partial charge in [-0.3, -0.25) is 4.98 Å². The summed E-state index contributed by atoms with van der Waals surface area (Å²) in [4.78, 5) is 6.46. The molecule has 1 fully saturated rings. The van der Waals surface area contributed by atoms with Gasteiger partial charge in [0.25, 0.3) is 0 Å². The van der Waals surface area contributed by atoms with Gasteiger partial charge >= 0.3 is 0 Å². The van der Waals surface area contributed by atoms with Crippen LogP contribution in [0.3, 0.4) is 0 Å². The molecular weight excluding hydrogens is 228 g/mol. The molecule has 1 atom stereocenters. The van der Waals surface area contributed by atoms with Gasteiger partial charge in [-0.25, -0.2) is 0 Å². The molecule has 1 N–H and O–H groups in total. The minimum atomic E-state index is -0.605. The lowest BCUT2D eigenvalue weighted by molar-refractivity contribution is -0.00861. The maximum Gasteiger partial charge on any atom is 0.143 e. The van der Waals surface area contributed by atoms with Crippen LogP contribution >= 0.6 is 0 Å². The van der Waals surface area contributed by atoms with E-state index in [-0.39, 0.29) is 5.54 Å². The molecule has 1 aromatic rings. The van der Waals surface area contributed by atoms with E-state index in [0.717, 1.165) is 25.7 Å². The Kier molecular flexibility index (Phi) is 3.88. The molecule has 18 heavy (non-hydrogen) atoms. The minimum Gasteiger partial charge on any atom is -0.495 e. The number of nitrogens with zero attached hydrogens (tertiary/aromatic N) is 2. The Balaban J connectivity index is 2.37. The summed E-state index contributed by atoms with van der Waals surface area (Å²) < 4.78 is 5.31. The lowest BCUT2D eigenvalue weighted by atomic mass is 9.86. The van der Waals surface area contributed by atoms with Crippen molar-refractivity contribution in [3.63, 3.8) is 0 Å². The average Bonchev–Trinajstić information content (AvgIpc) is 2.88. The van der Waals surface area contributed by atoms with Crippen molar-refractivity contribution in [2.45, 2.75) is 37.3 Å². The van der Waals surface area contributed by atoms with Crippen LogP contribution in [0.2, 0.25) is 0 Å². The van der Waals surface area contributed by atoms with Crippen molar-refractivity contribution in [1.29, 1.82) is 0 Å². The van der Waals surface area contributed by atoms with Crippen molar-refractivity contribution < 1.29 is 9.84 Å². The van der Waals surface area contributed by atoms with Crippen molar-refractivity contribution in [3.8, 4) is 5.75 Å². The fourth-order valence-corrected chi connectivity index (χ4v) is 2.99. The molecule has 1 saturated carbocycles. The molecule has 1 aromatic heterocycles. The molecule has 0 bridgehead atoms. The van der Waals surface area contributed by atoms with E-state index in [9.17, 15) is 5.11 Å². The highest BCUT2D eigenvalue weighted by molar-refractivity contribution is 5.31. The maximum atomic E-state index is 10.8. The van der Waals surface area contributed by atoms with Crippen LogP contribution in [0.5, 0.6) is 5.75 Å². The predicted molar refractivity (Wildman–Crippen MR) is 70.6 cm³/mol. The fraction of sp³-hybridized carbons (Fsp3) is 0.643. The number of rotatable bonds is 4. The summed E-state index contributed by atoms with van der Waals surface area (Å²) in [5.41, 5.74) is 0.442. The third-order valence-corrected chi connectivity index (χ3v) is 4.15. The van der Waals surface area contributed by atoms with Crippen LogP contribution in [0.4, 0.5) is 0 Å². The number of pyridine rings is 1. The molecule has 4 heteroatoms. The Hall–Kier alpha value is -1.13. The molecule has 0 spiro atoms. The van der Waals surface area contributed by atoms with E-state index < -0.39 is 6.10 Å². The molecule has 100 valence electrons. The molecule has 2 rings (SSSR count). The Morgan fingerprint density at radius 3 is 2.61 bits per heavy atom. The molecule has 4 nitrogen and oxygen atoms in total. The molecule has 0 aromatic carbocycles. The van der Waals surface area contributed by atoms with Gasteiger partial charge in [0.2, 0.25) is 0 Å². The van der Waals surface area contributed by atoms with E-state index in [2.05, 4.69) is 9.88 Å². The summed E-state index contributed by atoms with van der Waals surface area (Å²) in [6.45, 7) is 0. The van der Waals surface area contributed by atoms with E-state index in [4.69, 9.17) is 4.74 Å². The normalized spacial score (nSPS) is 20.1. The predicted octanol–water partition coefficient (Wildman–Crippen LogP) is 2.00. The highest BCUT2D eigenvalue weighted by Gasteiger charge is 2.44. The van der Waals surface area contributed by atoms with Crippen molar-refractivity contribution in [1.82, 2.24) is 9.88 Å². The minimum absolute atomic E-state index is 0.207. The highest BCUT2D eigenvalue weighted by atomic mass is 16.5. The van der Waals surface area contributed by atoms with Crippen LogP contribution in [0.25, 0.3) is 0 Å². The lowest BCUT2D eigenvalue weighted by Gasteiger charge is -2.40. The molecule has 1 heterocycles. The van der Waals surface area contributed by atoms with Gasteiger partial charge in [0.15, 0.2) is 0 Å². The van der Waals surface area contributed by atoms with Gasteiger partial charge in [-0.15, -0.1) is 0 Å². The summed E-state index contributed by atoms with van der Waals surface area (Å²) in [7, 11) is 5.68. The first-order chi connectivity index (χ1) is 8.62. The molecule has 0 saturated heterocycles. The first kappa shape index (κ1) is 13.3. The van der Waals surface area contributed by atoms with E-state index in [1.165, 1.54) is 0 Å². The summed E-state index contributed by atoms with van der Waals surface area (Å²) in [6, 6.07) is 3.68. The van der Waals surface area contributed by atoms with Gasteiger partial charge in [-0.2, -0.15) is 0 Å². The Morgan fingerprint density at radius 2 is 2.06 bits per heavy atom.